The average molecular weight is 715 g/mol. The van der Waals surface area contributed by atoms with Gasteiger partial charge in [0.05, 0.1) is 5.60 Å². The summed E-state index contributed by atoms with van der Waals surface area (Å²) in [5.41, 5.74) is 5.63. The van der Waals surface area contributed by atoms with Crippen molar-refractivity contribution in [2.75, 3.05) is 0 Å². The molecule has 0 unspecified atom stereocenters. The van der Waals surface area contributed by atoms with Gasteiger partial charge in [0.15, 0.2) is 5.78 Å². The molecule has 0 radical (unpaired) electrons. The van der Waals surface area contributed by atoms with Crippen LogP contribution < -0.4 is 0 Å². The Hall–Kier alpha value is -1.71. The molecule has 3 heteroatoms. The summed E-state index contributed by atoms with van der Waals surface area (Å²) in [5, 5.41) is 22.7. The first-order chi connectivity index (χ1) is 23.3. The van der Waals surface area contributed by atoms with Crippen molar-refractivity contribution < 1.29 is 15.0 Å². The molecule has 0 spiro atoms. The molecule has 8 rings (SSSR count). The van der Waals surface area contributed by atoms with Crippen LogP contribution >= 0.6 is 0 Å². The number of aliphatic hydroxyl groups is 2. The first kappa shape index (κ1) is 41.5. The standard InChI is InChI=1S/C24H36O.C23H34O2.2CH4/c1-15(2)24(25)12-9-20-18-14-17(4)21-13-16(3)7-10-22(21,5)19(18)8-11-23(20,24)6;1-14-6-9-21(4)18-7-10-22(5)19(8-11-23(22,25)16(3)24)17(18)13-15(2)20(21)12-14;;/h13,17-20,25H,1,3,7-12,14H2,2,4-6H3;12,15,17-19,25H,1,6-11,13H2,2-5H3;2*1H4/t17-,18+,19-,20-,22+,23-,24-;15-,17+,18-,19-,21+,22-,23-;;/m00../s1. The summed E-state index contributed by atoms with van der Waals surface area (Å²) in [5.74, 6) is 5.28. The third kappa shape index (κ3) is 5.49. The number of Topliss-reactive ketones (excluding diaryl/α,β-unsaturated/α-hetero) is 1. The van der Waals surface area contributed by atoms with Gasteiger partial charge in [-0.3, -0.25) is 4.79 Å². The molecule has 0 aromatic heterocycles. The molecule has 0 bridgehead atoms. The first-order valence-corrected chi connectivity index (χ1v) is 20.7. The lowest BCUT2D eigenvalue weighted by Crippen LogP contribution is -2.57. The maximum absolute atomic E-state index is 12.3. The number of hydrogen-bond donors (Lipinski definition) is 2. The summed E-state index contributed by atoms with van der Waals surface area (Å²) in [6.45, 7) is 30.7. The molecular formula is C49H78O3. The largest absolute Gasteiger partial charge is 0.385 e. The minimum atomic E-state index is -1.09. The summed E-state index contributed by atoms with van der Waals surface area (Å²) in [6, 6.07) is 0. The van der Waals surface area contributed by atoms with Crippen LogP contribution in [0.3, 0.4) is 0 Å². The maximum Gasteiger partial charge on any atom is 0.161 e. The Morgan fingerprint density at radius 3 is 1.38 bits per heavy atom. The van der Waals surface area contributed by atoms with Crippen LogP contribution in [0.15, 0.2) is 59.8 Å². The van der Waals surface area contributed by atoms with Crippen molar-refractivity contribution in [1.29, 1.82) is 0 Å². The molecule has 6 saturated carbocycles. The summed E-state index contributed by atoms with van der Waals surface area (Å²) < 4.78 is 0. The fourth-order valence-corrected chi connectivity index (χ4v) is 15.4. The molecule has 0 aliphatic heterocycles. The van der Waals surface area contributed by atoms with Crippen LogP contribution in [0.2, 0.25) is 0 Å². The molecule has 8 aliphatic carbocycles. The Balaban J connectivity index is 0.000000194. The van der Waals surface area contributed by atoms with Gasteiger partial charge in [-0.15, -0.1) is 0 Å². The quantitative estimate of drug-likeness (QED) is 0.280. The van der Waals surface area contributed by atoms with Gasteiger partial charge in [-0.1, -0.05) is 111 Å². The zero-order valence-corrected chi connectivity index (χ0v) is 33.1. The normalized spacial score (nSPS) is 50.0. The third-order valence-corrected chi connectivity index (χ3v) is 18.4. The highest BCUT2D eigenvalue weighted by Crippen LogP contribution is 2.70. The number of carbonyl (C=O) groups is 1. The van der Waals surface area contributed by atoms with Gasteiger partial charge < -0.3 is 10.2 Å². The second kappa shape index (κ2) is 13.5. The van der Waals surface area contributed by atoms with E-state index >= 15 is 0 Å². The van der Waals surface area contributed by atoms with E-state index in [4.69, 9.17) is 0 Å². The van der Waals surface area contributed by atoms with E-state index in [2.05, 4.69) is 73.4 Å². The predicted octanol–water partition coefficient (Wildman–Crippen LogP) is 12.4. The van der Waals surface area contributed by atoms with E-state index < -0.39 is 11.2 Å². The highest BCUT2D eigenvalue weighted by molar-refractivity contribution is 5.86. The van der Waals surface area contributed by atoms with Crippen molar-refractivity contribution in [3.05, 3.63) is 59.8 Å². The molecule has 0 amide bonds. The van der Waals surface area contributed by atoms with Crippen molar-refractivity contribution >= 4 is 5.78 Å². The predicted molar refractivity (Wildman–Crippen MR) is 220 cm³/mol. The van der Waals surface area contributed by atoms with Crippen molar-refractivity contribution in [3.63, 3.8) is 0 Å². The minimum absolute atomic E-state index is 0. The number of hydrogen-bond acceptors (Lipinski definition) is 3. The Labute approximate surface area is 320 Å². The van der Waals surface area contributed by atoms with Crippen molar-refractivity contribution in [2.24, 2.45) is 69.0 Å². The van der Waals surface area contributed by atoms with Gasteiger partial charge in [-0.25, -0.2) is 0 Å². The van der Waals surface area contributed by atoms with Crippen molar-refractivity contribution in [3.8, 4) is 0 Å². The molecule has 6 fully saturated rings. The lowest BCUT2D eigenvalue weighted by Gasteiger charge is -2.60. The van der Waals surface area contributed by atoms with Gasteiger partial charge in [0.2, 0.25) is 0 Å². The SMILES string of the molecule is C.C.C=C1C=C2[C@@H](C)C[C@@H]3[C@H](CC[C@@]4(C)[C@H]3CC[C@]4(O)C(=C)C)[C@@]2(C)CC1.C=C1C=C2[C@@H](C)C[C@@H]3[C@H](CC[C@@]4(C)[C@H]3CC[C@]4(O)C(C)=O)[C@@]2(C)CC1. The highest BCUT2D eigenvalue weighted by atomic mass is 16.3. The van der Waals surface area contributed by atoms with Crippen molar-refractivity contribution in [1.82, 2.24) is 0 Å². The molecule has 52 heavy (non-hydrogen) atoms. The lowest BCUT2D eigenvalue weighted by molar-refractivity contribution is -0.160. The molecule has 0 aromatic carbocycles. The van der Waals surface area contributed by atoms with E-state index in [-0.39, 0.29) is 31.5 Å². The van der Waals surface area contributed by atoms with Gasteiger partial charge in [0.25, 0.3) is 0 Å². The number of ketones is 1. The van der Waals surface area contributed by atoms with E-state index in [9.17, 15) is 15.0 Å². The number of carbonyl (C=O) groups excluding carboxylic acids is 1. The lowest BCUT2D eigenvalue weighted by atomic mass is 9.44. The fourth-order valence-electron chi connectivity index (χ4n) is 15.4. The van der Waals surface area contributed by atoms with Gasteiger partial charge in [0.1, 0.15) is 5.60 Å². The average Bonchev–Trinajstić information content (AvgIpc) is 3.50. The molecule has 0 saturated heterocycles. The summed E-state index contributed by atoms with van der Waals surface area (Å²) in [4.78, 5) is 12.3. The zero-order valence-electron chi connectivity index (χ0n) is 33.1. The topological polar surface area (TPSA) is 57.5 Å². The van der Waals surface area contributed by atoms with Crippen LogP contribution in [-0.4, -0.2) is 27.2 Å². The monoisotopic (exact) mass is 715 g/mol. The Bertz CT molecular complexity index is 1430. The molecular weight excluding hydrogens is 637 g/mol. The van der Waals surface area contributed by atoms with E-state index in [1.807, 2.05) is 6.92 Å². The molecule has 0 aromatic rings. The molecule has 292 valence electrons. The van der Waals surface area contributed by atoms with Crippen LogP contribution in [-0.2, 0) is 4.79 Å². The van der Waals surface area contributed by atoms with E-state index in [1.165, 1.54) is 49.7 Å². The van der Waals surface area contributed by atoms with Crippen LogP contribution in [0.25, 0.3) is 0 Å². The van der Waals surface area contributed by atoms with Gasteiger partial charge in [-0.05, 0) is 167 Å². The van der Waals surface area contributed by atoms with Crippen LogP contribution in [0.5, 0.6) is 0 Å². The first-order valence-electron chi connectivity index (χ1n) is 20.7. The van der Waals surface area contributed by atoms with Crippen LogP contribution in [0, 0.1) is 69.0 Å². The number of rotatable bonds is 2. The molecule has 3 nitrogen and oxygen atoms in total. The van der Waals surface area contributed by atoms with Crippen molar-refractivity contribution in [2.45, 2.75) is 171 Å². The molecule has 2 N–H and O–H groups in total. The van der Waals surface area contributed by atoms with E-state index in [1.54, 1.807) is 18.1 Å². The molecule has 0 heterocycles. The van der Waals surface area contributed by atoms with Gasteiger partial charge in [-0.2, -0.15) is 0 Å². The van der Waals surface area contributed by atoms with Crippen LogP contribution in [0.4, 0.5) is 0 Å². The van der Waals surface area contributed by atoms with E-state index in [0.717, 1.165) is 62.4 Å². The minimum Gasteiger partial charge on any atom is -0.385 e. The Morgan fingerprint density at radius 2 is 1.00 bits per heavy atom. The fraction of sp³-hybridized carbons (Fsp3) is 0.776. The number of allylic oxidation sites excluding steroid dienone is 6. The summed E-state index contributed by atoms with van der Waals surface area (Å²) >= 11 is 0. The second-order valence-corrected chi connectivity index (χ2v) is 20.4. The number of fused-ring (bicyclic) bond motifs is 10. The van der Waals surface area contributed by atoms with Crippen LogP contribution in [0.1, 0.15) is 160 Å². The smallest absolute Gasteiger partial charge is 0.161 e. The summed E-state index contributed by atoms with van der Waals surface area (Å²) in [7, 11) is 0. The van der Waals surface area contributed by atoms with Gasteiger partial charge >= 0.3 is 0 Å². The second-order valence-electron chi connectivity index (χ2n) is 20.4. The van der Waals surface area contributed by atoms with E-state index in [0.29, 0.717) is 52.8 Å². The zero-order chi connectivity index (χ0) is 36.4. The maximum atomic E-state index is 12.3. The third-order valence-electron chi connectivity index (χ3n) is 18.4. The molecule has 8 aliphatic rings. The van der Waals surface area contributed by atoms with Gasteiger partial charge in [0, 0.05) is 10.8 Å². The molecule has 14 atom stereocenters. The Morgan fingerprint density at radius 1 is 0.635 bits per heavy atom. The summed E-state index contributed by atoms with van der Waals surface area (Å²) in [6.07, 6.45) is 20.5. The Kier molecular flexibility index (Phi) is 10.8. The highest BCUT2D eigenvalue weighted by Gasteiger charge is 2.67.